The molecule has 2 atom stereocenters. The molecule has 2 bridgehead atoms. The van der Waals surface area contributed by atoms with Gasteiger partial charge in [0.25, 0.3) is 0 Å². The van der Waals surface area contributed by atoms with Crippen molar-refractivity contribution in [1.82, 2.24) is 19.4 Å². The average molecular weight is 278 g/mol. The highest BCUT2D eigenvalue weighted by Gasteiger charge is 2.37. The van der Waals surface area contributed by atoms with Crippen molar-refractivity contribution in [2.24, 2.45) is 13.0 Å². The maximum atomic E-state index is 9.25. The van der Waals surface area contributed by atoms with Gasteiger partial charge in [-0.25, -0.2) is 4.98 Å². The lowest BCUT2D eigenvalue weighted by atomic mass is 10.1. The van der Waals surface area contributed by atoms with Crippen molar-refractivity contribution in [3.8, 4) is 0 Å². The third-order valence-corrected chi connectivity index (χ3v) is 4.93. The summed E-state index contributed by atoms with van der Waals surface area (Å²) in [4.78, 5) is 9.35. The molecule has 2 heterocycles. The molecule has 1 aromatic heterocycles. The Balaban J connectivity index is 1.51. The SMILES string of the molecule is Cn1ccnc1CN(CCO)CCN1C[C@@H]2CC[C@H]1C2. The maximum Gasteiger partial charge on any atom is 0.122 e. The Morgan fingerprint density at radius 1 is 1.40 bits per heavy atom. The van der Waals surface area contributed by atoms with Gasteiger partial charge in [0.2, 0.25) is 0 Å². The van der Waals surface area contributed by atoms with E-state index >= 15 is 0 Å². The molecule has 1 saturated carbocycles. The monoisotopic (exact) mass is 278 g/mol. The van der Waals surface area contributed by atoms with Crippen LogP contribution in [0.25, 0.3) is 0 Å². The van der Waals surface area contributed by atoms with E-state index in [-0.39, 0.29) is 6.61 Å². The van der Waals surface area contributed by atoms with E-state index in [1.54, 1.807) is 0 Å². The Kier molecular flexibility index (Phi) is 4.38. The number of nitrogens with zero attached hydrogens (tertiary/aromatic N) is 4. The third-order valence-electron chi connectivity index (χ3n) is 4.93. The molecule has 1 aromatic rings. The van der Waals surface area contributed by atoms with Gasteiger partial charge in [-0.05, 0) is 25.2 Å². The minimum absolute atomic E-state index is 0.219. The van der Waals surface area contributed by atoms with Crippen LogP contribution in [-0.4, -0.2) is 63.3 Å². The van der Waals surface area contributed by atoms with Gasteiger partial charge >= 0.3 is 0 Å². The van der Waals surface area contributed by atoms with Crippen LogP contribution in [0.3, 0.4) is 0 Å². The van der Waals surface area contributed by atoms with Crippen molar-refractivity contribution in [3.63, 3.8) is 0 Å². The molecule has 0 aromatic carbocycles. The van der Waals surface area contributed by atoms with Crippen LogP contribution in [0, 0.1) is 5.92 Å². The fourth-order valence-electron chi connectivity index (χ4n) is 3.73. The first kappa shape index (κ1) is 14.0. The van der Waals surface area contributed by atoms with Gasteiger partial charge in [0, 0.05) is 51.7 Å². The van der Waals surface area contributed by atoms with E-state index in [1.165, 1.54) is 25.8 Å². The van der Waals surface area contributed by atoms with Gasteiger partial charge in [0.05, 0.1) is 13.2 Å². The predicted octanol–water partition coefficient (Wildman–Crippen LogP) is 0.699. The van der Waals surface area contributed by atoms with Crippen molar-refractivity contribution < 1.29 is 5.11 Å². The third kappa shape index (κ3) is 3.05. The summed E-state index contributed by atoms with van der Waals surface area (Å²) in [7, 11) is 2.03. The topological polar surface area (TPSA) is 44.5 Å². The summed E-state index contributed by atoms with van der Waals surface area (Å²) in [6, 6.07) is 0.837. The molecule has 0 radical (unpaired) electrons. The van der Waals surface area contributed by atoms with Crippen LogP contribution in [0.2, 0.25) is 0 Å². The first-order chi connectivity index (χ1) is 9.76. The molecule has 2 aliphatic rings. The maximum absolute atomic E-state index is 9.25. The Morgan fingerprint density at radius 3 is 2.90 bits per heavy atom. The fourth-order valence-corrected chi connectivity index (χ4v) is 3.73. The minimum Gasteiger partial charge on any atom is -0.395 e. The van der Waals surface area contributed by atoms with E-state index < -0.39 is 0 Å². The van der Waals surface area contributed by atoms with Gasteiger partial charge in [0.1, 0.15) is 5.82 Å². The van der Waals surface area contributed by atoms with Gasteiger partial charge in [-0.2, -0.15) is 0 Å². The standard InChI is InChI=1S/C15H26N4O/c1-17-5-4-16-15(17)12-18(8-9-20)6-7-19-11-13-2-3-14(19)10-13/h4-5,13-14,20H,2-3,6-12H2,1H3/t13-,14+/m1/s1. The molecular formula is C15H26N4O. The highest BCUT2D eigenvalue weighted by atomic mass is 16.3. The summed E-state index contributed by atoms with van der Waals surface area (Å²) < 4.78 is 2.06. The second-order valence-corrected chi connectivity index (χ2v) is 6.28. The molecule has 0 amide bonds. The zero-order valence-electron chi connectivity index (χ0n) is 12.4. The molecule has 2 fully saturated rings. The number of hydrogen-bond donors (Lipinski definition) is 1. The minimum atomic E-state index is 0.219. The molecule has 5 nitrogen and oxygen atoms in total. The number of imidazole rings is 1. The van der Waals surface area contributed by atoms with Gasteiger partial charge < -0.3 is 9.67 Å². The van der Waals surface area contributed by atoms with Gasteiger partial charge in [-0.1, -0.05) is 0 Å². The number of aromatic nitrogens is 2. The zero-order chi connectivity index (χ0) is 13.9. The highest BCUT2D eigenvalue weighted by molar-refractivity contribution is 4.93. The lowest BCUT2D eigenvalue weighted by Crippen LogP contribution is -2.40. The molecule has 112 valence electrons. The molecule has 0 spiro atoms. The van der Waals surface area contributed by atoms with Crippen LogP contribution in [0.15, 0.2) is 12.4 Å². The predicted molar refractivity (Wildman–Crippen MR) is 78.3 cm³/mol. The van der Waals surface area contributed by atoms with E-state index in [1.807, 2.05) is 19.4 Å². The molecule has 5 heteroatoms. The number of fused-ring (bicyclic) bond motifs is 2. The van der Waals surface area contributed by atoms with Crippen LogP contribution in [0.1, 0.15) is 25.1 Å². The number of likely N-dealkylation sites (tertiary alicyclic amines) is 1. The van der Waals surface area contributed by atoms with Crippen LogP contribution in [0.4, 0.5) is 0 Å². The van der Waals surface area contributed by atoms with Crippen molar-refractivity contribution in [3.05, 3.63) is 18.2 Å². The second kappa shape index (κ2) is 6.24. The first-order valence-electron chi connectivity index (χ1n) is 7.79. The summed E-state index contributed by atoms with van der Waals surface area (Å²) >= 11 is 0. The Morgan fingerprint density at radius 2 is 2.30 bits per heavy atom. The normalized spacial score (nSPS) is 25.9. The van der Waals surface area contributed by atoms with Gasteiger partial charge in [-0.3, -0.25) is 9.80 Å². The second-order valence-electron chi connectivity index (χ2n) is 6.28. The van der Waals surface area contributed by atoms with Gasteiger partial charge in [-0.15, -0.1) is 0 Å². The van der Waals surface area contributed by atoms with E-state index in [4.69, 9.17) is 0 Å². The number of hydrogen-bond acceptors (Lipinski definition) is 4. The molecule has 1 aliphatic heterocycles. The molecule has 0 unspecified atom stereocenters. The average Bonchev–Trinajstić information content (AvgIpc) is 3.14. The largest absolute Gasteiger partial charge is 0.395 e. The Labute approximate surface area is 121 Å². The summed E-state index contributed by atoms with van der Waals surface area (Å²) in [6.07, 6.45) is 8.07. The lowest BCUT2D eigenvalue weighted by molar-refractivity contribution is 0.144. The lowest BCUT2D eigenvalue weighted by Gasteiger charge is -2.30. The zero-order valence-corrected chi connectivity index (χ0v) is 12.4. The Bertz CT molecular complexity index is 433. The highest BCUT2D eigenvalue weighted by Crippen LogP contribution is 2.36. The smallest absolute Gasteiger partial charge is 0.122 e. The van der Waals surface area contributed by atoms with Crippen molar-refractivity contribution in [2.45, 2.75) is 31.8 Å². The van der Waals surface area contributed by atoms with E-state index in [0.29, 0.717) is 0 Å². The van der Waals surface area contributed by atoms with Crippen LogP contribution < -0.4 is 0 Å². The quantitative estimate of drug-likeness (QED) is 0.797. The van der Waals surface area contributed by atoms with E-state index in [0.717, 1.165) is 44.0 Å². The summed E-state index contributed by atoms with van der Waals surface area (Å²) in [5.74, 6) is 2.03. The van der Waals surface area contributed by atoms with Crippen molar-refractivity contribution in [1.29, 1.82) is 0 Å². The summed E-state index contributed by atoms with van der Waals surface area (Å²) in [6.45, 7) is 5.22. The van der Waals surface area contributed by atoms with Crippen molar-refractivity contribution in [2.75, 3.05) is 32.8 Å². The van der Waals surface area contributed by atoms with Crippen LogP contribution >= 0.6 is 0 Å². The number of aryl methyl sites for hydroxylation is 1. The van der Waals surface area contributed by atoms with E-state index in [2.05, 4.69) is 19.4 Å². The molecule has 1 N–H and O–H groups in total. The molecule has 20 heavy (non-hydrogen) atoms. The summed E-state index contributed by atoms with van der Waals surface area (Å²) in [5.41, 5.74) is 0. The van der Waals surface area contributed by atoms with Gasteiger partial charge in [0.15, 0.2) is 0 Å². The molecular weight excluding hydrogens is 252 g/mol. The van der Waals surface area contributed by atoms with Crippen LogP contribution in [-0.2, 0) is 13.6 Å². The van der Waals surface area contributed by atoms with Crippen LogP contribution in [0.5, 0.6) is 0 Å². The van der Waals surface area contributed by atoms with E-state index in [9.17, 15) is 5.11 Å². The summed E-state index contributed by atoms with van der Waals surface area (Å²) in [5, 5.41) is 9.25. The number of aliphatic hydroxyl groups excluding tert-OH is 1. The first-order valence-corrected chi connectivity index (χ1v) is 7.79. The number of aliphatic hydroxyl groups is 1. The molecule has 1 aliphatic carbocycles. The Hall–Kier alpha value is -0.910. The number of rotatable bonds is 7. The fraction of sp³-hybridized carbons (Fsp3) is 0.800. The van der Waals surface area contributed by atoms with Crippen molar-refractivity contribution >= 4 is 0 Å². The molecule has 3 rings (SSSR count). The molecule has 1 saturated heterocycles. The number of piperidine rings is 1.